The number of halogens is 1. The summed E-state index contributed by atoms with van der Waals surface area (Å²) in [5.74, 6) is -1.07. The number of hydrogen-bond acceptors (Lipinski definition) is 3. The molecule has 6 heteroatoms. The minimum absolute atomic E-state index is 0.0493. The fourth-order valence-corrected chi connectivity index (χ4v) is 4.48. The van der Waals surface area contributed by atoms with Crippen molar-refractivity contribution in [2.75, 3.05) is 19.7 Å². The highest BCUT2D eigenvalue weighted by Crippen LogP contribution is 2.43. The van der Waals surface area contributed by atoms with Gasteiger partial charge in [0.2, 0.25) is 5.91 Å². The molecule has 0 unspecified atom stereocenters. The molecular formula is C23H23FN2O3. The zero-order valence-electron chi connectivity index (χ0n) is 16.2. The zero-order chi connectivity index (χ0) is 20.5. The van der Waals surface area contributed by atoms with Crippen LogP contribution in [-0.2, 0) is 4.79 Å². The standard InChI is InChI=1S/C23H23FN2O3/c1-2-4-15-7-9-16(10-8-15)22-19-12-25(13-21(28)26(19)20(22)14-27)23(29)17-5-3-6-18(24)11-17/h2-11,19-20,22,27H,12-14H2,1H3/b4-2+/t19-,20+,22+/m0/s1. The van der Waals surface area contributed by atoms with Crippen LogP contribution in [0.5, 0.6) is 0 Å². The summed E-state index contributed by atoms with van der Waals surface area (Å²) in [6, 6.07) is 13.1. The van der Waals surface area contributed by atoms with Crippen molar-refractivity contribution in [3.63, 3.8) is 0 Å². The number of allylic oxidation sites excluding steroid dienone is 1. The van der Waals surface area contributed by atoms with Gasteiger partial charge in [-0.1, -0.05) is 42.5 Å². The molecular weight excluding hydrogens is 371 g/mol. The molecule has 0 saturated carbocycles. The lowest BCUT2D eigenvalue weighted by atomic mass is 9.73. The zero-order valence-corrected chi connectivity index (χ0v) is 16.2. The van der Waals surface area contributed by atoms with Gasteiger partial charge in [0.05, 0.1) is 18.7 Å². The molecule has 2 aromatic rings. The summed E-state index contributed by atoms with van der Waals surface area (Å²) in [7, 11) is 0. The summed E-state index contributed by atoms with van der Waals surface area (Å²) in [5, 5.41) is 9.87. The lowest BCUT2D eigenvalue weighted by Gasteiger charge is -2.58. The molecule has 2 aliphatic rings. The average molecular weight is 394 g/mol. The molecule has 0 aliphatic carbocycles. The molecule has 3 atom stereocenters. The van der Waals surface area contributed by atoms with Crippen molar-refractivity contribution in [1.82, 2.24) is 9.80 Å². The van der Waals surface area contributed by atoms with Crippen LogP contribution in [0.25, 0.3) is 6.08 Å². The van der Waals surface area contributed by atoms with Crippen LogP contribution in [0.2, 0.25) is 0 Å². The highest BCUT2D eigenvalue weighted by Gasteiger charge is 2.54. The molecule has 0 bridgehead atoms. The average Bonchev–Trinajstić information content (AvgIpc) is 2.70. The van der Waals surface area contributed by atoms with Gasteiger partial charge in [-0.05, 0) is 36.2 Å². The number of aliphatic hydroxyl groups excluding tert-OH is 1. The lowest BCUT2D eigenvalue weighted by molar-refractivity contribution is -0.159. The molecule has 2 aromatic carbocycles. The molecule has 4 rings (SSSR count). The Morgan fingerprint density at radius 1 is 1.24 bits per heavy atom. The first kappa shape index (κ1) is 19.3. The van der Waals surface area contributed by atoms with E-state index in [1.165, 1.54) is 23.1 Å². The van der Waals surface area contributed by atoms with E-state index in [-0.39, 0.29) is 48.5 Å². The molecule has 0 radical (unpaired) electrons. The fraction of sp³-hybridized carbons (Fsp3) is 0.304. The minimum Gasteiger partial charge on any atom is -0.394 e. The summed E-state index contributed by atoms with van der Waals surface area (Å²) in [6.45, 7) is 2.13. The van der Waals surface area contributed by atoms with E-state index in [1.54, 1.807) is 11.0 Å². The molecule has 0 aromatic heterocycles. The maximum absolute atomic E-state index is 13.5. The summed E-state index contributed by atoms with van der Waals surface area (Å²) in [5.41, 5.74) is 2.35. The molecule has 2 saturated heterocycles. The van der Waals surface area contributed by atoms with Gasteiger partial charge in [-0.25, -0.2) is 4.39 Å². The first-order valence-electron chi connectivity index (χ1n) is 9.73. The molecule has 2 fully saturated rings. The van der Waals surface area contributed by atoms with Crippen LogP contribution in [0.15, 0.2) is 54.6 Å². The fourth-order valence-electron chi connectivity index (χ4n) is 4.48. The second kappa shape index (κ2) is 7.79. The molecule has 0 spiro atoms. The van der Waals surface area contributed by atoms with Crippen molar-refractivity contribution in [2.24, 2.45) is 0 Å². The second-order valence-corrected chi connectivity index (χ2v) is 7.51. The number of carbonyl (C=O) groups excluding carboxylic acids is 2. The van der Waals surface area contributed by atoms with Crippen LogP contribution in [0.1, 0.15) is 34.3 Å². The number of benzene rings is 2. The number of hydrogen-bond donors (Lipinski definition) is 1. The Balaban J connectivity index is 1.58. The Kier molecular flexibility index (Phi) is 5.20. The first-order valence-corrected chi connectivity index (χ1v) is 9.73. The first-order chi connectivity index (χ1) is 14.0. The van der Waals surface area contributed by atoms with Crippen molar-refractivity contribution in [1.29, 1.82) is 0 Å². The van der Waals surface area contributed by atoms with Crippen molar-refractivity contribution in [3.05, 3.63) is 77.1 Å². The molecule has 1 N–H and O–H groups in total. The Bertz CT molecular complexity index is 957. The SMILES string of the molecule is C/C=C/c1ccc([C@H]2[C@@H](CO)N3C(=O)CN(C(=O)c4cccc(F)c4)C[C@@H]23)cc1. The quantitative estimate of drug-likeness (QED) is 0.867. The van der Waals surface area contributed by atoms with E-state index in [0.29, 0.717) is 6.54 Å². The topological polar surface area (TPSA) is 60.9 Å². The lowest BCUT2D eigenvalue weighted by Crippen LogP contribution is -2.73. The van der Waals surface area contributed by atoms with Crippen LogP contribution in [-0.4, -0.2) is 58.5 Å². The van der Waals surface area contributed by atoms with E-state index in [4.69, 9.17) is 0 Å². The third kappa shape index (κ3) is 3.44. The second-order valence-electron chi connectivity index (χ2n) is 7.51. The van der Waals surface area contributed by atoms with Crippen LogP contribution in [0, 0.1) is 5.82 Å². The van der Waals surface area contributed by atoms with Gasteiger partial charge in [0.1, 0.15) is 12.4 Å². The summed E-state index contributed by atoms with van der Waals surface area (Å²) in [4.78, 5) is 28.7. The van der Waals surface area contributed by atoms with E-state index in [9.17, 15) is 19.1 Å². The number of nitrogens with zero attached hydrogens (tertiary/aromatic N) is 2. The normalized spacial score (nSPS) is 23.8. The van der Waals surface area contributed by atoms with Crippen molar-refractivity contribution in [3.8, 4) is 0 Å². The van der Waals surface area contributed by atoms with E-state index < -0.39 is 5.82 Å². The number of rotatable bonds is 4. The predicted octanol–water partition coefficient (Wildman–Crippen LogP) is 2.67. The third-order valence-electron chi connectivity index (χ3n) is 5.79. The third-order valence-corrected chi connectivity index (χ3v) is 5.79. The number of fused-ring (bicyclic) bond motifs is 1. The summed E-state index contributed by atoms with van der Waals surface area (Å²) < 4.78 is 13.5. The van der Waals surface area contributed by atoms with E-state index in [1.807, 2.05) is 43.3 Å². The van der Waals surface area contributed by atoms with E-state index in [2.05, 4.69) is 0 Å². The number of amides is 2. The Hall–Kier alpha value is -2.99. The van der Waals surface area contributed by atoms with Gasteiger partial charge in [-0.2, -0.15) is 0 Å². The Morgan fingerprint density at radius 3 is 2.66 bits per heavy atom. The van der Waals surface area contributed by atoms with Gasteiger partial charge in [0, 0.05) is 18.0 Å². The summed E-state index contributed by atoms with van der Waals surface area (Å²) in [6.07, 6.45) is 3.97. The molecule has 5 nitrogen and oxygen atoms in total. The van der Waals surface area contributed by atoms with Crippen LogP contribution in [0.3, 0.4) is 0 Å². The van der Waals surface area contributed by atoms with Gasteiger partial charge in [-0.3, -0.25) is 9.59 Å². The van der Waals surface area contributed by atoms with Crippen molar-refractivity contribution >= 4 is 17.9 Å². The van der Waals surface area contributed by atoms with Gasteiger partial charge in [0.25, 0.3) is 5.91 Å². The minimum atomic E-state index is -0.483. The van der Waals surface area contributed by atoms with Crippen LogP contribution < -0.4 is 0 Å². The van der Waals surface area contributed by atoms with Gasteiger partial charge >= 0.3 is 0 Å². The largest absolute Gasteiger partial charge is 0.394 e. The maximum atomic E-state index is 13.5. The molecule has 2 amide bonds. The van der Waals surface area contributed by atoms with Gasteiger partial charge in [0.15, 0.2) is 0 Å². The number of carbonyl (C=O) groups is 2. The van der Waals surface area contributed by atoms with Crippen molar-refractivity contribution in [2.45, 2.75) is 24.9 Å². The van der Waals surface area contributed by atoms with Gasteiger partial charge < -0.3 is 14.9 Å². The number of aliphatic hydroxyl groups is 1. The maximum Gasteiger partial charge on any atom is 0.254 e. The van der Waals surface area contributed by atoms with Crippen LogP contribution >= 0.6 is 0 Å². The van der Waals surface area contributed by atoms with Gasteiger partial charge in [-0.15, -0.1) is 0 Å². The number of piperazine rings is 1. The van der Waals surface area contributed by atoms with E-state index in [0.717, 1.165) is 11.1 Å². The summed E-state index contributed by atoms with van der Waals surface area (Å²) >= 11 is 0. The monoisotopic (exact) mass is 394 g/mol. The van der Waals surface area contributed by atoms with Crippen LogP contribution in [0.4, 0.5) is 4.39 Å². The Morgan fingerprint density at radius 2 is 2.00 bits per heavy atom. The molecule has 2 aliphatic heterocycles. The molecule has 2 heterocycles. The molecule has 29 heavy (non-hydrogen) atoms. The highest BCUT2D eigenvalue weighted by atomic mass is 19.1. The highest BCUT2D eigenvalue weighted by molar-refractivity contribution is 5.97. The van der Waals surface area contributed by atoms with E-state index >= 15 is 0 Å². The smallest absolute Gasteiger partial charge is 0.254 e. The molecule has 150 valence electrons. The predicted molar refractivity (Wildman–Crippen MR) is 108 cm³/mol. The Labute approximate surface area is 169 Å². The van der Waals surface area contributed by atoms with Crippen molar-refractivity contribution < 1.29 is 19.1 Å².